The van der Waals surface area contributed by atoms with Gasteiger partial charge in [0.25, 0.3) is 0 Å². The van der Waals surface area contributed by atoms with Gasteiger partial charge in [0.05, 0.1) is 45.2 Å². The minimum absolute atomic E-state index is 0.0775. The first-order chi connectivity index (χ1) is 30.5. The minimum atomic E-state index is 0.0775. The van der Waals surface area contributed by atoms with Crippen LogP contribution < -0.4 is 5.32 Å². The van der Waals surface area contributed by atoms with E-state index in [9.17, 15) is 0 Å². The molecule has 0 aromatic heterocycles. The molecule has 4 unspecified atom stereocenters. The monoisotopic (exact) mass is 910 g/mol. The lowest BCUT2D eigenvalue weighted by atomic mass is 9.80. The maximum Gasteiger partial charge on any atom is 0.157 e. The van der Waals surface area contributed by atoms with Crippen LogP contribution in [-0.4, -0.2) is 83.9 Å². The molecule has 5 heterocycles. The molecule has 0 aromatic rings. The van der Waals surface area contributed by atoms with Gasteiger partial charge >= 0.3 is 0 Å². The molecule has 2 aliphatic carbocycles. The van der Waals surface area contributed by atoms with Crippen LogP contribution in [0.4, 0.5) is 0 Å². The van der Waals surface area contributed by atoms with E-state index >= 15 is 0 Å². The lowest BCUT2D eigenvalue weighted by Gasteiger charge is -2.28. The van der Waals surface area contributed by atoms with Gasteiger partial charge in [0, 0.05) is 32.3 Å². The van der Waals surface area contributed by atoms with Crippen LogP contribution in [0.1, 0.15) is 225 Å². The highest BCUT2D eigenvalue weighted by Gasteiger charge is 2.20. The topological polar surface area (TPSA) is 67.4 Å². The van der Waals surface area contributed by atoms with E-state index in [1.165, 1.54) is 116 Å². The van der Waals surface area contributed by atoms with Crippen molar-refractivity contribution in [3.05, 3.63) is 0 Å². The summed E-state index contributed by atoms with van der Waals surface area (Å²) >= 11 is 0. The maximum atomic E-state index is 5.46. The van der Waals surface area contributed by atoms with Crippen LogP contribution in [0.2, 0.25) is 0 Å². The number of rotatable bonds is 14. The van der Waals surface area contributed by atoms with Crippen LogP contribution >= 0.6 is 0 Å². The standard InChI is InChI=1S/C9H18O.C9H18.2C8H16O2.C8H16O.C8H16.C7H15N/c1-8(2)6-9-4-3-5-10-7-9;1-8(2)7-9-5-3-4-6-9;1-7(2)5-8-6-9-3-4-10-8;1-7(2)6-8-9-4-3-5-10-8;1-7(2)6-8-4-3-5-9-8;1-7(2)6-8-4-3-5-8;1-6(2)5-7-3-4-8-7/h8-9H,3-7H2,1-2H3;8-9H,3-7H2,1-2H3;2*7-8H,3-6H2,1-2H3;7-8H,3-6H2,1-2H3;7-8H,3-6H2,1-2H3;6-8H,3-5H2,1-2H3. The molecule has 7 heteroatoms. The number of ether oxygens (including phenoxy) is 6. The molecule has 5 aliphatic heterocycles. The molecule has 0 bridgehead atoms. The summed E-state index contributed by atoms with van der Waals surface area (Å²) in [5.74, 6) is 8.80. The summed E-state index contributed by atoms with van der Waals surface area (Å²) in [5.41, 5.74) is 0. The van der Waals surface area contributed by atoms with Gasteiger partial charge in [-0.15, -0.1) is 0 Å². The molecule has 384 valence electrons. The molecule has 2 saturated carbocycles. The molecule has 7 aliphatic rings. The van der Waals surface area contributed by atoms with Crippen LogP contribution in [0.15, 0.2) is 0 Å². The molecule has 7 nitrogen and oxygen atoms in total. The van der Waals surface area contributed by atoms with Crippen molar-refractivity contribution in [2.75, 3.05) is 59.4 Å². The molecule has 1 N–H and O–H groups in total. The van der Waals surface area contributed by atoms with Crippen molar-refractivity contribution in [2.24, 2.45) is 59.2 Å². The molecular formula is C57H115NO6. The van der Waals surface area contributed by atoms with Crippen LogP contribution in [-0.2, 0) is 28.4 Å². The lowest BCUT2D eigenvalue weighted by Crippen LogP contribution is -2.43. The van der Waals surface area contributed by atoms with Gasteiger partial charge in [0.2, 0.25) is 0 Å². The van der Waals surface area contributed by atoms with Crippen LogP contribution in [0.5, 0.6) is 0 Å². The van der Waals surface area contributed by atoms with Gasteiger partial charge in [0.15, 0.2) is 6.29 Å². The van der Waals surface area contributed by atoms with Crippen molar-refractivity contribution < 1.29 is 28.4 Å². The van der Waals surface area contributed by atoms with Gasteiger partial charge in [-0.1, -0.05) is 142 Å². The third-order valence-corrected chi connectivity index (χ3v) is 13.0. The van der Waals surface area contributed by atoms with E-state index in [1.807, 2.05) is 0 Å². The Hall–Kier alpha value is -0.280. The fourth-order valence-electron chi connectivity index (χ4n) is 9.70. The molecule has 4 atom stereocenters. The van der Waals surface area contributed by atoms with Gasteiger partial charge in [-0.2, -0.15) is 0 Å². The van der Waals surface area contributed by atoms with E-state index in [0.29, 0.717) is 24.0 Å². The smallest absolute Gasteiger partial charge is 0.157 e. The third-order valence-electron chi connectivity index (χ3n) is 13.0. The summed E-state index contributed by atoms with van der Waals surface area (Å²) in [6.45, 7) is 40.0. The van der Waals surface area contributed by atoms with Gasteiger partial charge in [-0.25, -0.2) is 0 Å². The van der Waals surface area contributed by atoms with Crippen molar-refractivity contribution in [1.29, 1.82) is 0 Å². The number of hydrogen-bond donors (Lipinski definition) is 1. The first-order valence-electron chi connectivity index (χ1n) is 27.9. The Morgan fingerprint density at radius 3 is 1.16 bits per heavy atom. The zero-order chi connectivity index (χ0) is 47.5. The molecule has 0 spiro atoms. The SMILES string of the molecule is CC(C)CC1CCC1.CC(C)CC1CCCC1.CC(C)CC1CCCO1.CC(C)CC1CCCOC1.CC(C)CC1CCN1.CC(C)CC1COCCO1.CC(C)CC1OCCCO1. The lowest BCUT2D eigenvalue weighted by molar-refractivity contribution is -0.185. The van der Waals surface area contributed by atoms with Gasteiger partial charge in [-0.3, -0.25) is 0 Å². The van der Waals surface area contributed by atoms with E-state index in [2.05, 4.69) is 102 Å². The van der Waals surface area contributed by atoms with E-state index in [-0.39, 0.29) is 6.29 Å². The van der Waals surface area contributed by atoms with Gasteiger partial charge in [0.1, 0.15) is 0 Å². The van der Waals surface area contributed by atoms with E-state index in [1.54, 1.807) is 0 Å². The Morgan fingerprint density at radius 1 is 0.344 bits per heavy atom. The minimum Gasteiger partial charge on any atom is -0.381 e. The summed E-state index contributed by atoms with van der Waals surface area (Å²) in [5, 5.41) is 3.38. The van der Waals surface area contributed by atoms with Crippen molar-refractivity contribution in [2.45, 2.75) is 250 Å². The summed E-state index contributed by atoms with van der Waals surface area (Å²) in [4.78, 5) is 0. The highest BCUT2D eigenvalue weighted by atomic mass is 16.7. The van der Waals surface area contributed by atoms with Crippen molar-refractivity contribution in [1.82, 2.24) is 5.32 Å². The fourth-order valence-corrected chi connectivity index (χ4v) is 9.70. The Balaban J connectivity index is 0.000000374. The number of nitrogens with one attached hydrogen (secondary N) is 1. The van der Waals surface area contributed by atoms with Crippen LogP contribution in [0, 0.1) is 59.2 Å². The highest BCUT2D eigenvalue weighted by molar-refractivity contribution is 4.78. The molecule has 7 fully saturated rings. The first kappa shape index (κ1) is 61.7. The molecule has 64 heavy (non-hydrogen) atoms. The van der Waals surface area contributed by atoms with E-state index in [4.69, 9.17) is 28.4 Å². The van der Waals surface area contributed by atoms with Gasteiger partial charge in [-0.05, 0) is 143 Å². The van der Waals surface area contributed by atoms with E-state index in [0.717, 1.165) is 126 Å². The Kier molecular flexibility index (Phi) is 38.2. The average molecular weight is 911 g/mol. The van der Waals surface area contributed by atoms with Crippen LogP contribution in [0.3, 0.4) is 0 Å². The zero-order valence-electron chi connectivity index (χ0n) is 45.5. The zero-order valence-corrected chi connectivity index (χ0v) is 45.5. The predicted molar refractivity (Wildman–Crippen MR) is 275 cm³/mol. The third kappa shape index (κ3) is 37.7. The predicted octanol–water partition coefficient (Wildman–Crippen LogP) is 15.4. The second-order valence-electron chi connectivity index (χ2n) is 23.6. The van der Waals surface area contributed by atoms with Crippen molar-refractivity contribution >= 4 is 0 Å². The van der Waals surface area contributed by atoms with E-state index < -0.39 is 0 Å². The second kappa shape index (κ2) is 39.6. The molecule has 0 aromatic carbocycles. The summed E-state index contributed by atoms with van der Waals surface area (Å²) in [6, 6.07) is 0.856. The maximum absolute atomic E-state index is 5.46. The Morgan fingerprint density at radius 2 is 0.781 bits per heavy atom. The first-order valence-corrected chi connectivity index (χ1v) is 27.9. The largest absolute Gasteiger partial charge is 0.381 e. The summed E-state index contributed by atoms with van der Waals surface area (Å²) in [6.07, 6.45) is 28.3. The summed E-state index contributed by atoms with van der Waals surface area (Å²) < 4.78 is 32.3. The second-order valence-corrected chi connectivity index (χ2v) is 23.6. The van der Waals surface area contributed by atoms with Gasteiger partial charge < -0.3 is 33.7 Å². The molecule has 5 saturated heterocycles. The van der Waals surface area contributed by atoms with Crippen LogP contribution in [0.25, 0.3) is 0 Å². The summed E-state index contributed by atoms with van der Waals surface area (Å²) in [7, 11) is 0. The molecule has 7 rings (SSSR count). The highest BCUT2D eigenvalue weighted by Crippen LogP contribution is 2.32. The van der Waals surface area contributed by atoms with Crippen molar-refractivity contribution in [3.63, 3.8) is 0 Å². The Labute approximate surface area is 400 Å². The average Bonchev–Trinajstić information content (AvgIpc) is 3.91. The quantitative estimate of drug-likeness (QED) is 0.186. The normalized spacial score (nSPS) is 25.1. The molecule has 0 amide bonds. The molecule has 0 radical (unpaired) electrons. The molecular weight excluding hydrogens is 795 g/mol. The number of hydrogen-bond acceptors (Lipinski definition) is 7. The fraction of sp³-hybridized carbons (Fsp3) is 1.00. The van der Waals surface area contributed by atoms with Crippen molar-refractivity contribution in [3.8, 4) is 0 Å². The Bertz CT molecular complexity index is 865.